The molecule has 1 saturated carbocycles. The summed E-state index contributed by atoms with van der Waals surface area (Å²) in [5.74, 6) is 1.18. The number of nitrogens with zero attached hydrogens (tertiary/aromatic N) is 1. The van der Waals surface area contributed by atoms with Crippen molar-refractivity contribution in [3.05, 3.63) is 65.7 Å². The fourth-order valence-electron chi connectivity index (χ4n) is 3.34. The summed E-state index contributed by atoms with van der Waals surface area (Å²) in [5.41, 5.74) is 4.45. The maximum Gasteiger partial charge on any atom is 0.251 e. The van der Waals surface area contributed by atoms with Gasteiger partial charge < -0.3 is 14.7 Å². The molecule has 0 aliphatic heterocycles. The van der Waals surface area contributed by atoms with Gasteiger partial charge in [-0.3, -0.25) is 4.79 Å². The van der Waals surface area contributed by atoms with Crippen molar-refractivity contribution in [3.8, 4) is 0 Å². The van der Waals surface area contributed by atoms with Gasteiger partial charge in [0, 0.05) is 35.1 Å². The zero-order chi connectivity index (χ0) is 17.5. The molecule has 2 aromatic heterocycles. The first kappa shape index (κ1) is 15.2. The zero-order valence-corrected chi connectivity index (χ0v) is 14.3. The van der Waals surface area contributed by atoms with Gasteiger partial charge in [0.05, 0.1) is 0 Å². The van der Waals surface area contributed by atoms with E-state index in [1.807, 2.05) is 30.5 Å². The summed E-state index contributed by atoms with van der Waals surface area (Å²) in [4.78, 5) is 20.2. The summed E-state index contributed by atoms with van der Waals surface area (Å²) in [6.07, 6.45) is 5.09. The van der Waals surface area contributed by atoms with Gasteiger partial charge in [0.15, 0.2) is 11.5 Å². The third-order valence-electron chi connectivity index (χ3n) is 4.95. The number of oxazole rings is 1. The van der Waals surface area contributed by atoms with E-state index in [0.717, 1.165) is 36.2 Å². The average Bonchev–Trinajstić information content (AvgIpc) is 3.30. The summed E-state index contributed by atoms with van der Waals surface area (Å²) in [7, 11) is 0. The van der Waals surface area contributed by atoms with Crippen LogP contribution >= 0.6 is 0 Å². The molecule has 26 heavy (non-hydrogen) atoms. The molecule has 0 spiro atoms. The number of rotatable bonds is 5. The molecular weight excluding hydrogens is 326 g/mol. The maximum atomic E-state index is 12.5. The van der Waals surface area contributed by atoms with Gasteiger partial charge >= 0.3 is 0 Å². The second kappa shape index (κ2) is 6.02. The van der Waals surface area contributed by atoms with E-state index in [0.29, 0.717) is 23.6 Å². The molecular formula is C21H19N3O2. The van der Waals surface area contributed by atoms with Crippen molar-refractivity contribution in [1.82, 2.24) is 15.3 Å². The molecule has 0 radical (unpaired) electrons. The van der Waals surface area contributed by atoms with Crippen LogP contribution in [0.15, 0.2) is 53.1 Å². The number of fused-ring (bicyclic) bond motifs is 2. The molecule has 5 nitrogen and oxygen atoms in total. The molecule has 2 aromatic carbocycles. The number of aromatic nitrogens is 2. The maximum absolute atomic E-state index is 12.5. The standard InChI is InChI=1S/C21H19N3O2/c25-20(22-10-9-15-12-23-17-4-2-1-3-16(15)17)14-7-8-18-19(11-14)26-21(24-18)13-5-6-13/h1-4,7-8,11-13,23H,5-6,9-10H2,(H,22,25). The van der Waals surface area contributed by atoms with E-state index in [2.05, 4.69) is 27.4 Å². The molecule has 0 saturated heterocycles. The lowest BCUT2D eigenvalue weighted by Gasteiger charge is -2.05. The van der Waals surface area contributed by atoms with Gasteiger partial charge in [-0.25, -0.2) is 4.98 Å². The third-order valence-corrected chi connectivity index (χ3v) is 4.95. The van der Waals surface area contributed by atoms with Crippen LogP contribution in [-0.2, 0) is 6.42 Å². The van der Waals surface area contributed by atoms with Gasteiger partial charge in [0.25, 0.3) is 5.91 Å². The SMILES string of the molecule is O=C(NCCc1c[nH]c2ccccc12)c1ccc2nc(C3CC3)oc2c1. The quantitative estimate of drug-likeness (QED) is 0.570. The summed E-state index contributed by atoms with van der Waals surface area (Å²) in [5, 5.41) is 4.20. The number of H-pyrrole nitrogens is 1. The number of hydrogen-bond acceptors (Lipinski definition) is 3. The highest BCUT2D eigenvalue weighted by atomic mass is 16.3. The van der Waals surface area contributed by atoms with Crippen molar-refractivity contribution in [2.75, 3.05) is 6.54 Å². The van der Waals surface area contributed by atoms with Crippen LogP contribution in [0.5, 0.6) is 0 Å². The Bertz CT molecular complexity index is 1100. The number of carbonyl (C=O) groups excluding carboxylic acids is 1. The number of amides is 1. The van der Waals surface area contributed by atoms with Crippen molar-refractivity contribution in [3.63, 3.8) is 0 Å². The number of nitrogens with one attached hydrogen (secondary N) is 2. The summed E-state index contributed by atoms with van der Waals surface area (Å²) < 4.78 is 5.80. The monoisotopic (exact) mass is 345 g/mol. The molecule has 0 unspecified atom stereocenters. The Morgan fingerprint density at radius 1 is 1.23 bits per heavy atom. The number of para-hydroxylation sites is 1. The lowest BCUT2D eigenvalue weighted by Crippen LogP contribution is -2.25. The van der Waals surface area contributed by atoms with E-state index < -0.39 is 0 Å². The zero-order valence-electron chi connectivity index (χ0n) is 14.3. The van der Waals surface area contributed by atoms with Crippen LogP contribution in [0, 0.1) is 0 Å². The van der Waals surface area contributed by atoms with E-state index in [1.54, 1.807) is 6.07 Å². The fourth-order valence-corrected chi connectivity index (χ4v) is 3.34. The normalized spacial score (nSPS) is 14.2. The first-order chi connectivity index (χ1) is 12.8. The summed E-state index contributed by atoms with van der Waals surface area (Å²) in [6, 6.07) is 13.6. The van der Waals surface area contributed by atoms with Crippen molar-refractivity contribution in [2.45, 2.75) is 25.2 Å². The smallest absolute Gasteiger partial charge is 0.251 e. The Balaban J connectivity index is 1.27. The second-order valence-corrected chi connectivity index (χ2v) is 6.87. The van der Waals surface area contributed by atoms with E-state index >= 15 is 0 Å². The minimum atomic E-state index is -0.0869. The molecule has 0 bridgehead atoms. The van der Waals surface area contributed by atoms with Crippen LogP contribution < -0.4 is 5.32 Å². The molecule has 1 amide bonds. The number of hydrogen-bond donors (Lipinski definition) is 2. The van der Waals surface area contributed by atoms with E-state index in [4.69, 9.17) is 4.42 Å². The third kappa shape index (κ3) is 2.75. The van der Waals surface area contributed by atoms with Crippen LogP contribution in [0.25, 0.3) is 22.0 Å². The fraction of sp³-hybridized carbons (Fsp3) is 0.238. The molecule has 5 rings (SSSR count). The molecule has 1 aliphatic rings. The van der Waals surface area contributed by atoms with Crippen molar-refractivity contribution in [1.29, 1.82) is 0 Å². The van der Waals surface area contributed by atoms with Gasteiger partial charge in [0.1, 0.15) is 5.52 Å². The second-order valence-electron chi connectivity index (χ2n) is 6.87. The minimum absolute atomic E-state index is 0.0869. The van der Waals surface area contributed by atoms with Crippen LogP contribution in [0.3, 0.4) is 0 Å². The van der Waals surface area contributed by atoms with Crippen LogP contribution in [-0.4, -0.2) is 22.4 Å². The van der Waals surface area contributed by atoms with Gasteiger partial charge in [-0.05, 0) is 49.1 Å². The van der Waals surface area contributed by atoms with E-state index in [-0.39, 0.29) is 5.91 Å². The molecule has 2 heterocycles. The predicted octanol–water partition coefficient (Wildman–Crippen LogP) is 4.16. The number of aromatic amines is 1. The van der Waals surface area contributed by atoms with Gasteiger partial charge in [-0.1, -0.05) is 18.2 Å². The van der Waals surface area contributed by atoms with Crippen molar-refractivity contribution in [2.24, 2.45) is 0 Å². The number of carbonyl (C=O) groups is 1. The minimum Gasteiger partial charge on any atom is -0.440 e. The van der Waals surface area contributed by atoms with Crippen molar-refractivity contribution < 1.29 is 9.21 Å². The first-order valence-electron chi connectivity index (χ1n) is 9.01. The lowest BCUT2D eigenvalue weighted by atomic mass is 10.1. The molecule has 1 fully saturated rings. The lowest BCUT2D eigenvalue weighted by molar-refractivity contribution is 0.0954. The molecule has 2 N–H and O–H groups in total. The topological polar surface area (TPSA) is 70.9 Å². The largest absolute Gasteiger partial charge is 0.440 e. The highest BCUT2D eigenvalue weighted by Gasteiger charge is 2.29. The molecule has 4 aromatic rings. The summed E-state index contributed by atoms with van der Waals surface area (Å²) in [6.45, 7) is 0.586. The molecule has 130 valence electrons. The van der Waals surface area contributed by atoms with Crippen LogP contribution in [0.1, 0.15) is 40.6 Å². The summed E-state index contributed by atoms with van der Waals surface area (Å²) >= 11 is 0. The van der Waals surface area contributed by atoms with Gasteiger partial charge in [-0.2, -0.15) is 0 Å². The Kier molecular flexibility index (Phi) is 3.52. The Labute approximate surface area is 150 Å². The molecule has 5 heteroatoms. The van der Waals surface area contributed by atoms with Gasteiger partial charge in [0.2, 0.25) is 0 Å². The molecule has 0 atom stereocenters. The van der Waals surface area contributed by atoms with Gasteiger partial charge in [-0.15, -0.1) is 0 Å². The Morgan fingerprint density at radius 2 is 2.12 bits per heavy atom. The highest BCUT2D eigenvalue weighted by molar-refractivity contribution is 5.97. The average molecular weight is 345 g/mol. The highest BCUT2D eigenvalue weighted by Crippen LogP contribution is 2.40. The first-order valence-corrected chi connectivity index (χ1v) is 9.01. The van der Waals surface area contributed by atoms with Crippen molar-refractivity contribution >= 4 is 27.9 Å². The van der Waals surface area contributed by atoms with Crippen LogP contribution in [0.2, 0.25) is 0 Å². The predicted molar refractivity (Wildman–Crippen MR) is 100 cm³/mol. The number of benzene rings is 2. The Hall–Kier alpha value is -3.08. The Morgan fingerprint density at radius 3 is 3.00 bits per heavy atom. The van der Waals surface area contributed by atoms with E-state index in [1.165, 1.54) is 10.9 Å². The molecule has 1 aliphatic carbocycles. The van der Waals surface area contributed by atoms with E-state index in [9.17, 15) is 4.79 Å². The van der Waals surface area contributed by atoms with Crippen LogP contribution in [0.4, 0.5) is 0 Å².